The van der Waals surface area contributed by atoms with Crippen LogP contribution in [0.5, 0.6) is 0 Å². The first-order valence-electron chi connectivity index (χ1n) is 8.14. The van der Waals surface area contributed by atoms with Crippen LogP contribution in [0.1, 0.15) is 16.7 Å². The molecule has 0 saturated heterocycles. The first-order valence-corrected chi connectivity index (χ1v) is 8.14. The molecule has 3 aromatic carbocycles. The number of hydrogen-bond donors (Lipinski definition) is 0. The Balaban J connectivity index is 1.80. The van der Waals surface area contributed by atoms with E-state index in [-0.39, 0.29) is 0 Å². The van der Waals surface area contributed by atoms with Gasteiger partial charge in [-0.25, -0.2) is 0 Å². The van der Waals surface area contributed by atoms with Gasteiger partial charge in [-0.3, -0.25) is 4.99 Å². The second-order valence-corrected chi connectivity index (χ2v) is 5.88. The van der Waals surface area contributed by atoms with Crippen LogP contribution in [0.15, 0.2) is 89.9 Å². The highest BCUT2D eigenvalue weighted by molar-refractivity contribution is 5.72. The fourth-order valence-electron chi connectivity index (χ4n) is 2.68. The van der Waals surface area contributed by atoms with E-state index in [9.17, 15) is 0 Å². The summed E-state index contributed by atoms with van der Waals surface area (Å²) in [4.78, 5) is 4.20. The van der Waals surface area contributed by atoms with Gasteiger partial charge in [-0.1, -0.05) is 90.5 Å². The SMILES string of the molecule is C=N/C(=C\Cc1ccccc1)c1ccc(-c2ccc(C)cc2)cc1. The molecule has 0 heterocycles. The number of rotatable bonds is 5. The van der Waals surface area contributed by atoms with Crippen LogP contribution >= 0.6 is 0 Å². The maximum absolute atomic E-state index is 4.20. The minimum atomic E-state index is 0.856. The molecule has 0 fully saturated rings. The molecule has 118 valence electrons. The molecule has 3 aromatic rings. The van der Waals surface area contributed by atoms with Crippen LogP contribution in [0.2, 0.25) is 0 Å². The summed E-state index contributed by atoms with van der Waals surface area (Å²) in [6.07, 6.45) is 2.98. The van der Waals surface area contributed by atoms with E-state index in [2.05, 4.69) is 97.5 Å². The van der Waals surface area contributed by atoms with Crippen molar-refractivity contribution in [3.05, 3.63) is 102 Å². The van der Waals surface area contributed by atoms with Crippen LogP contribution in [0.3, 0.4) is 0 Å². The highest BCUT2D eigenvalue weighted by Crippen LogP contribution is 2.23. The van der Waals surface area contributed by atoms with Crippen molar-refractivity contribution >= 4 is 12.4 Å². The van der Waals surface area contributed by atoms with Crippen molar-refractivity contribution in [1.29, 1.82) is 0 Å². The molecule has 0 aliphatic rings. The van der Waals surface area contributed by atoms with Crippen LogP contribution in [0.25, 0.3) is 16.8 Å². The van der Waals surface area contributed by atoms with Crippen molar-refractivity contribution in [2.75, 3.05) is 0 Å². The lowest BCUT2D eigenvalue weighted by Crippen LogP contribution is -1.86. The first-order chi connectivity index (χ1) is 11.8. The Bertz CT molecular complexity index is 825. The lowest BCUT2D eigenvalue weighted by Gasteiger charge is -2.06. The van der Waals surface area contributed by atoms with Gasteiger partial charge in [0.05, 0.1) is 5.70 Å². The number of aliphatic imine (C=N–C) groups is 1. The maximum atomic E-state index is 4.20. The van der Waals surface area contributed by atoms with Crippen LogP contribution in [0.4, 0.5) is 0 Å². The van der Waals surface area contributed by atoms with E-state index in [1.807, 2.05) is 6.07 Å². The van der Waals surface area contributed by atoms with E-state index in [1.54, 1.807) is 0 Å². The standard InChI is InChI=1S/C23H21N/c1-18-8-11-20(12-9-18)21-13-15-22(16-14-21)23(24-2)17-10-19-6-4-3-5-7-19/h3-9,11-17H,2,10H2,1H3/b23-17-. The molecule has 1 heteroatoms. The average Bonchev–Trinajstić information content (AvgIpc) is 2.64. The lowest BCUT2D eigenvalue weighted by atomic mass is 10.0. The molecular formula is C23H21N. The van der Waals surface area contributed by atoms with Crippen LogP contribution in [-0.4, -0.2) is 6.72 Å². The van der Waals surface area contributed by atoms with E-state index in [0.717, 1.165) is 17.7 Å². The van der Waals surface area contributed by atoms with Gasteiger partial charge in [0.15, 0.2) is 0 Å². The monoisotopic (exact) mass is 311 g/mol. The zero-order valence-corrected chi connectivity index (χ0v) is 13.9. The molecule has 3 rings (SSSR count). The van der Waals surface area contributed by atoms with E-state index >= 15 is 0 Å². The molecule has 0 spiro atoms. The summed E-state index contributed by atoms with van der Waals surface area (Å²) in [5, 5.41) is 0. The topological polar surface area (TPSA) is 12.4 Å². The van der Waals surface area contributed by atoms with Crippen molar-refractivity contribution in [2.24, 2.45) is 4.99 Å². The first kappa shape index (κ1) is 15.9. The van der Waals surface area contributed by atoms with Crippen molar-refractivity contribution in [3.8, 4) is 11.1 Å². The molecule has 0 atom stereocenters. The van der Waals surface area contributed by atoms with Gasteiger partial charge in [-0.05, 0) is 42.3 Å². The molecule has 0 radical (unpaired) electrons. The van der Waals surface area contributed by atoms with Crippen molar-refractivity contribution in [3.63, 3.8) is 0 Å². The van der Waals surface area contributed by atoms with Crippen LogP contribution < -0.4 is 0 Å². The van der Waals surface area contributed by atoms with Gasteiger partial charge in [0, 0.05) is 0 Å². The maximum Gasteiger partial charge on any atom is 0.0658 e. The third-order valence-electron chi connectivity index (χ3n) is 4.11. The number of hydrogen-bond acceptors (Lipinski definition) is 1. The molecule has 0 aromatic heterocycles. The quantitative estimate of drug-likeness (QED) is 0.517. The zero-order chi connectivity index (χ0) is 16.8. The fraction of sp³-hybridized carbons (Fsp3) is 0.0870. The lowest BCUT2D eigenvalue weighted by molar-refractivity contribution is 1.26. The highest BCUT2D eigenvalue weighted by Gasteiger charge is 2.02. The Morgan fingerprint density at radius 2 is 1.42 bits per heavy atom. The molecule has 0 bridgehead atoms. The second-order valence-electron chi connectivity index (χ2n) is 5.88. The molecule has 1 nitrogen and oxygen atoms in total. The predicted octanol–water partition coefficient (Wildman–Crippen LogP) is 5.95. The van der Waals surface area contributed by atoms with Crippen molar-refractivity contribution in [1.82, 2.24) is 0 Å². The van der Waals surface area contributed by atoms with Gasteiger partial charge in [0.1, 0.15) is 0 Å². The number of nitrogens with zero attached hydrogens (tertiary/aromatic N) is 1. The zero-order valence-electron chi connectivity index (χ0n) is 13.9. The molecule has 0 amide bonds. The minimum Gasteiger partial charge on any atom is -0.264 e. The van der Waals surface area contributed by atoms with Gasteiger partial charge in [0.2, 0.25) is 0 Å². The number of aryl methyl sites for hydroxylation is 1. The molecular weight excluding hydrogens is 290 g/mol. The van der Waals surface area contributed by atoms with Crippen LogP contribution in [0, 0.1) is 6.92 Å². The van der Waals surface area contributed by atoms with E-state index in [1.165, 1.54) is 22.3 Å². The Morgan fingerprint density at radius 1 is 0.833 bits per heavy atom. The van der Waals surface area contributed by atoms with Crippen molar-refractivity contribution < 1.29 is 0 Å². The Morgan fingerprint density at radius 3 is 2.00 bits per heavy atom. The summed E-state index contributed by atoms with van der Waals surface area (Å²) in [7, 11) is 0. The fourth-order valence-corrected chi connectivity index (χ4v) is 2.68. The average molecular weight is 311 g/mol. The molecule has 0 N–H and O–H groups in total. The second kappa shape index (κ2) is 7.56. The third kappa shape index (κ3) is 3.88. The predicted molar refractivity (Wildman–Crippen MR) is 104 cm³/mol. The highest BCUT2D eigenvalue weighted by atomic mass is 14.7. The Kier molecular flexibility index (Phi) is 5.02. The number of benzene rings is 3. The number of allylic oxidation sites excluding steroid dienone is 1. The van der Waals surface area contributed by atoms with Crippen LogP contribution in [-0.2, 0) is 6.42 Å². The van der Waals surface area contributed by atoms with Gasteiger partial charge in [0.25, 0.3) is 0 Å². The summed E-state index contributed by atoms with van der Waals surface area (Å²) >= 11 is 0. The largest absolute Gasteiger partial charge is 0.264 e. The third-order valence-corrected chi connectivity index (χ3v) is 4.11. The molecule has 0 unspecified atom stereocenters. The van der Waals surface area contributed by atoms with Gasteiger partial charge in [-0.15, -0.1) is 0 Å². The summed E-state index contributed by atoms with van der Waals surface area (Å²) in [5.74, 6) is 0. The van der Waals surface area contributed by atoms with Gasteiger partial charge >= 0.3 is 0 Å². The summed E-state index contributed by atoms with van der Waals surface area (Å²) in [6, 6.07) is 27.5. The van der Waals surface area contributed by atoms with Gasteiger partial charge < -0.3 is 0 Å². The minimum absolute atomic E-state index is 0.856. The molecule has 24 heavy (non-hydrogen) atoms. The molecule has 0 aliphatic carbocycles. The van der Waals surface area contributed by atoms with E-state index in [4.69, 9.17) is 0 Å². The van der Waals surface area contributed by atoms with Gasteiger partial charge in [-0.2, -0.15) is 0 Å². The van der Waals surface area contributed by atoms with E-state index in [0.29, 0.717) is 0 Å². The smallest absolute Gasteiger partial charge is 0.0658 e. The molecule has 0 saturated carbocycles. The molecule has 0 aliphatic heterocycles. The van der Waals surface area contributed by atoms with E-state index < -0.39 is 0 Å². The Hall–Kier alpha value is -2.93. The summed E-state index contributed by atoms with van der Waals surface area (Å²) < 4.78 is 0. The summed E-state index contributed by atoms with van der Waals surface area (Å²) in [6.45, 7) is 5.83. The summed E-state index contributed by atoms with van der Waals surface area (Å²) in [5.41, 5.74) is 7.01. The normalized spacial score (nSPS) is 11.3. The Labute approximate surface area is 144 Å². The van der Waals surface area contributed by atoms with Crippen molar-refractivity contribution in [2.45, 2.75) is 13.3 Å².